The van der Waals surface area contributed by atoms with Gasteiger partial charge < -0.3 is 4.90 Å². The van der Waals surface area contributed by atoms with Gasteiger partial charge >= 0.3 is 0 Å². The van der Waals surface area contributed by atoms with Crippen LogP contribution in [0, 0.1) is 0 Å². The zero-order valence-corrected chi connectivity index (χ0v) is 16.7. The molecule has 140 valence electrons. The van der Waals surface area contributed by atoms with Crippen molar-refractivity contribution < 1.29 is 4.79 Å². The number of carbonyl (C=O) groups excluding carboxylic acids is 1. The highest BCUT2D eigenvalue weighted by molar-refractivity contribution is 7.99. The minimum atomic E-state index is -0.539. The normalized spacial score (nSPS) is 20.6. The van der Waals surface area contributed by atoms with Crippen molar-refractivity contribution in [1.82, 2.24) is 25.1 Å². The van der Waals surface area contributed by atoms with Crippen LogP contribution >= 0.6 is 23.1 Å². The first-order valence-corrected chi connectivity index (χ1v) is 10.9. The predicted molar refractivity (Wildman–Crippen MR) is 108 cm³/mol. The molecule has 1 unspecified atom stereocenters. The number of thioether (sulfide) groups is 1. The Morgan fingerprint density at radius 2 is 2.00 bits per heavy atom. The number of hydrogen-bond donors (Lipinski definition) is 0. The van der Waals surface area contributed by atoms with Crippen LogP contribution in [0.3, 0.4) is 0 Å². The summed E-state index contributed by atoms with van der Waals surface area (Å²) in [6.45, 7) is 3.27. The fourth-order valence-electron chi connectivity index (χ4n) is 3.43. The van der Waals surface area contributed by atoms with Gasteiger partial charge in [0.1, 0.15) is 5.54 Å². The van der Waals surface area contributed by atoms with Crippen LogP contribution in [0.5, 0.6) is 0 Å². The molecule has 0 saturated carbocycles. The molecule has 0 N–H and O–H groups in total. The molecule has 0 radical (unpaired) electrons. The van der Waals surface area contributed by atoms with Gasteiger partial charge in [-0.2, -0.15) is 11.8 Å². The van der Waals surface area contributed by atoms with E-state index in [1.165, 1.54) is 4.88 Å². The third-order valence-electron chi connectivity index (χ3n) is 4.94. The molecule has 3 heterocycles. The fraction of sp³-hybridized carbons (Fsp3) is 0.368. The molecule has 1 fully saturated rings. The molecule has 0 aliphatic carbocycles. The summed E-state index contributed by atoms with van der Waals surface area (Å²) in [6.07, 6.45) is 0.823. The molecule has 27 heavy (non-hydrogen) atoms. The molecule has 3 aromatic rings. The van der Waals surface area contributed by atoms with E-state index in [-0.39, 0.29) is 5.91 Å². The summed E-state index contributed by atoms with van der Waals surface area (Å²) >= 11 is 3.36. The highest BCUT2D eigenvalue weighted by Gasteiger charge is 2.42. The highest BCUT2D eigenvalue weighted by atomic mass is 32.2. The molecule has 8 heteroatoms. The van der Waals surface area contributed by atoms with Gasteiger partial charge in [-0.05, 0) is 46.5 Å². The quantitative estimate of drug-likeness (QED) is 0.659. The second-order valence-corrected chi connectivity index (χ2v) is 8.92. The van der Waals surface area contributed by atoms with Gasteiger partial charge in [0, 0.05) is 4.88 Å². The van der Waals surface area contributed by atoms with Crippen LogP contribution in [-0.2, 0) is 23.4 Å². The summed E-state index contributed by atoms with van der Waals surface area (Å²) in [5.74, 6) is 2.30. The third kappa shape index (κ3) is 3.77. The van der Waals surface area contributed by atoms with Crippen LogP contribution < -0.4 is 0 Å². The molecule has 1 amide bonds. The van der Waals surface area contributed by atoms with Crippen molar-refractivity contribution >= 4 is 29.0 Å². The number of thiophene rings is 1. The Bertz CT molecular complexity index is 896. The molecule has 4 rings (SSSR count). The van der Waals surface area contributed by atoms with Crippen molar-refractivity contribution in [3.8, 4) is 0 Å². The monoisotopic (exact) mass is 399 g/mol. The maximum atomic E-state index is 13.0. The van der Waals surface area contributed by atoms with E-state index in [0.717, 1.165) is 23.6 Å². The average Bonchev–Trinajstić information content (AvgIpc) is 3.33. The van der Waals surface area contributed by atoms with Gasteiger partial charge in [-0.3, -0.25) is 4.79 Å². The minimum absolute atomic E-state index is 0.141. The smallest absolute Gasteiger partial charge is 0.233 e. The SMILES string of the molecule is CC1(c2nnnn2Cc2ccccc2)CCSCC(=O)N1Cc1cccs1. The molecule has 6 nitrogen and oxygen atoms in total. The van der Waals surface area contributed by atoms with E-state index in [1.54, 1.807) is 23.1 Å². The van der Waals surface area contributed by atoms with Crippen molar-refractivity contribution in [3.05, 3.63) is 64.1 Å². The van der Waals surface area contributed by atoms with E-state index in [1.807, 2.05) is 39.2 Å². The van der Waals surface area contributed by atoms with Crippen LogP contribution in [0.15, 0.2) is 47.8 Å². The number of hydrogen-bond acceptors (Lipinski definition) is 6. The lowest BCUT2D eigenvalue weighted by Crippen LogP contribution is -2.48. The molecule has 1 atom stereocenters. The Kier molecular flexibility index (Phi) is 5.27. The summed E-state index contributed by atoms with van der Waals surface area (Å²) in [5.41, 5.74) is 0.594. The van der Waals surface area contributed by atoms with E-state index in [9.17, 15) is 4.79 Å². The van der Waals surface area contributed by atoms with Crippen molar-refractivity contribution in [3.63, 3.8) is 0 Å². The van der Waals surface area contributed by atoms with Gasteiger partial charge in [0.25, 0.3) is 0 Å². The highest BCUT2D eigenvalue weighted by Crippen LogP contribution is 2.36. The second-order valence-electron chi connectivity index (χ2n) is 6.78. The maximum Gasteiger partial charge on any atom is 0.233 e. The maximum absolute atomic E-state index is 13.0. The fourth-order valence-corrected chi connectivity index (χ4v) is 5.13. The molecular formula is C19H21N5OS2. The molecule has 1 saturated heterocycles. The summed E-state index contributed by atoms with van der Waals surface area (Å²) in [4.78, 5) is 16.1. The van der Waals surface area contributed by atoms with Gasteiger partial charge in [0.05, 0.1) is 18.8 Å². The van der Waals surface area contributed by atoms with Gasteiger partial charge in [-0.25, -0.2) is 4.68 Å². The van der Waals surface area contributed by atoms with Crippen molar-refractivity contribution in [2.45, 2.75) is 32.0 Å². The summed E-state index contributed by atoms with van der Waals surface area (Å²) < 4.78 is 1.83. The number of nitrogens with zero attached hydrogens (tertiary/aromatic N) is 5. The Morgan fingerprint density at radius 3 is 2.78 bits per heavy atom. The van der Waals surface area contributed by atoms with Crippen LogP contribution in [0.1, 0.15) is 29.6 Å². The Hall–Kier alpha value is -2.19. The van der Waals surface area contributed by atoms with Crippen molar-refractivity contribution in [2.24, 2.45) is 0 Å². The zero-order chi connectivity index (χ0) is 18.7. The van der Waals surface area contributed by atoms with Crippen molar-refractivity contribution in [2.75, 3.05) is 11.5 Å². The Morgan fingerprint density at radius 1 is 1.15 bits per heavy atom. The number of rotatable bonds is 5. The molecular weight excluding hydrogens is 378 g/mol. The predicted octanol–water partition coefficient (Wildman–Crippen LogP) is 3.16. The Balaban J connectivity index is 1.70. The average molecular weight is 400 g/mol. The number of amides is 1. The molecule has 1 aliphatic heterocycles. The van der Waals surface area contributed by atoms with Crippen molar-refractivity contribution in [1.29, 1.82) is 0 Å². The summed E-state index contributed by atoms with van der Waals surface area (Å²) in [7, 11) is 0. The molecule has 0 spiro atoms. The lowest BCUT2D eigenvalue weighted by Gasteiger charge is -2.38. The first-order chi connectivity index (χ1) is 13.2. The summed E-state index contributed by atoms with van der Waals surface area (Å²) in [6, 6.07) is 14.2. The number of tetrazole rings is 1. The largest absolute Gasteiger partial charge is 0.324 e. The number of aromatic nitrogens is 4. The van der Waals surface area contributed by atoms with Crippen LogP contribution in [0.2, 0.25) is 0 Å². The van der Waals surface area contributed by atoms with E-state index in [0.29, 0.717) is 18.8 Å². The number of carbonyl (C=O) groups is 1. The number of benzene rings is 1. The molecule has 2 aromatic heterocycles. The van der Waals surface area contributed by atoms with E-state index >= 15 is 0 Å². The first-order valence-electron chi connectivity index (χ1n) is 8.88. The lowest BCUT2D eigenvalue weighted by molar-refractivity contribution is -0.135. The van der Waals surface area contributed by atoms with E-state index in [4.69, 9.17) is 0 Å². The summed E-state index contributed by atoms with van der Waals surface area (Å²) in [5, 5.41) is 14.6. The van der Waals surface area contributed by atoms with Crippen LogP contribution in [0.4, 0.5) is 0 Å². The lowest BCUT2D eigenvalue weighted by atomic mass is 9.94. The van der Waals surface area contributed by atoms with E-state index in [2.05, 4.69) is 40.6 Å². The van der Waals surface area contributed by atoms with Crippen LogP contribution in [0.25, 0.3) is 0 Å². The molecule has 1 aromatic carbocycles. The molecule has 0 bridgehead atoms. The standard InChI is InChI=1S/C19H21N5OS2/c1-19(18-20-21-22-24(18)12-15-6-3-2-4-7-15)9-11-26-14-17(25)23(19)13-16-8-5-10-27-16/h2-8,10H,9,11-14H2,1H3. The van der Waals surface area contributed by atoms with Gasteiger partial charge in [0.2, 0.25) is 5.91 Å². The van der Waals surface area contributed by atoms with Gasteiger partial charge in [0.15, 0.2) is 5.82 Å². The minimum Gasteiger partial charge on any atom is -0.324 e. The topological polar surface area (TPSA) is 63.9 Å². The van der Waals surface area contributed by atoms with Crippen LogP contribution in [-0.4, -0.2) is 42.5 Å². The van der Waals surface area contributed by atoms with Gasteiger partial charge in [-0.15, -0.1) is 16.4 Å². The Labute approximate surface area is 166 Å². The molecule has 1 aliphatic rings. The zero-order valence-electron chi connectivity index (χ0n) is 15.1. The second kappa shape index (κ2) is 7.82. The van der Waals surface area contributed by atoms with Gasteiger partial charge in [-0.1, -0.05) is 36.4 Å². The first kappa shape index (κ1) is 18.2. The van der Waals surface area contributed by atoms with E-state index < -0.39 is 5.54 Å². The third-order valence-corrected chi connectivity index (χ3v) is 6.74.